The second-order valence-corrected chi connectivity index (χ2v) is 8.22. The van der Waals surface area contributed by atoms with Crippen LogP contribution in [0.2, 0.25) is 0 Å². The van der Waals surface area contributed by atoms with Crippen LogP contribution in [0.25, 0.3) is 0 Å². The Labute approximate surface area is 158 Å². The van der Waals surface area contributed by atoms with E-state index in [0.717, 1.165) is 43.2 Å². The first-order valence-corrected chi connectivity index (χ1v) is 10.3. The van der Waals surface area contributed by atoms with Gasteiger partial charge in [0.2, 0.25) is 0 Å². The number of hydrogen-bond donors (Lipinski definition) is 2. The number of guanidine groups is 1. The van der Waals surface area contributed by atoms with E-state index < -0.39 is 0 Å². The summed E-state index contributed by atoms with van der Waals surface area (Å²) in [6.45, 7) is 7.70. The zero-order valence-corrected chi connectivity index (χ0v) is 16.7. The largest absolute Gasteiger partial charge is 0.357 e. The number of hydrogen-bond acceptors (Lipinski definition) is 3. The average molecular weight is 358 g/mol. The number of nitrogens with zero attached hydrogens (tertiary/aromatic N) is 3. The summed E-state index contributed by atoms with van der Waals surface area (Å²) in [5, 5.41) is 7.01. The molecule has 5 nitrogen and oxygen atoms in total. The molecule has 0 spiro atoms. The summed E-state index contributed by atoms with van der Waals surface area (Å²) in [4.78, 5) is 11.5. The van der Waals surface area contributed by atoms with Crippen LogP contribution in [0.1, 0.15) is 57.9 Å². The van der Waals surface area contributed by atoms with Crippen molar-refractivity contribution in [1.29, 1.82) is 0 Å². The molecule has 0 aromatic carbocycles. The summed E-state index contributed by atoms with van der Waals surface area (Å²) in [5.74, 6) is 3.73. The fourth-order valence-corrected chi connectivity index (χ4v) is 3.92. The van der Waals surface area contributed by atoms with E-state index in [2.05, 4.69) is 51.5 Å². The second kappa shape index (κ2) is 9.24. The molecule has 0 unspecified atom stereocenters. The maximum Gasteiger partial charge on any atom is 0.191 e. The topological polar surface area (TPSA) is 52.6 Å². The Morgan fingerprint density at radius 1 is 1.08 bits per heavy atom. The first kappa shape index (κ1) is 19.0. The fraction of sp³-hybridized carbons (Fsp3) is 0.714. The number of anilines is 1. The van der Waals surface area contributed by atoms with Gasteiger partial charge in [-0.15, -0.1) is 0 Å². The van der Waals surface area contributed by atoms with Crippen molar-refractivity contribution >= 4 is 11.8 Å². The van der Waals surface area contributed by atoms with Crippen LogP contribution in [0.4, 0.5) is 5.82 Å². The van der Waals surface area contributed by atoms with Crippen molar-refractivity contribution in [3.63, 3.8) is 0 Å². The van der Waals surface area contributed by atoms with Gasteiger partial charge < -0.3 is 15.5 Å². The third-order valence-corrected chi connectivity index (χ3v) is 5.96. The molecule has 1 aliphatic carbocycles. The van der Waals surface area contributed by atoms with Crippen LogP contribution in [0, 0.1) is 11.8 Å². The van der Waals surface area contributed by atoms with E-state index in [4.69, 9.17) is 0 Å². The van der Waals surface area contributed by atoms with Crippen molar-refractivity contribution < 1.29 is 0 Å². The lowest BCUT2D eigenvalue weighted by Gasteiger charge is -2.31. The van der Waals surface area contributed by atoms with Gasteiger partial charge in [-0.25, -0.2) is 4.98 Å². The van der Waals surface area contributed by atoms with Crippen LogP contribution >= 0.6 is 0 Å². The first-order chi connectivity index (χ1) is 12.6. The van der Waals surface area contributed by atoms with Gasteiger partial charge in [0.05, 0.1) is 0 Å². The normalized spacial score (nSPS) is 25.2. The van der Waals surface area contributed by atoms with E-state index in [9.17, 15) is 0 Å². The molecule has 3 rings (SSSR count). The molecule has 1 saturated carbocycles. The summed E-state index contributed by atoms with van der Waals surface area (Å²) < 4.78 is 0. The Balaban J connectivity index is 1.46. The van der Waals surface area contributed by atoms with Crippen LogP contribution in [0.3, 0.4) is 0 Å². The highest BCUT2D eigenvalue weighted by atomic mass is 15.2. The smallest absolute Gasteiger partial charge is 0.191 e. The Bertz CT molecular complexity index is 567. The summed E-state index contributed by atoms with van der Waals surface area (Å²) in [7, 11) is 1.85. The number of nitrogens with one attached hydrogen (secondary N) is 2. The molecule has 0 bridgehead atoms. The second-order valence-electron chi connectivity index (χ2n) is 8.22. The van der Waals surface area contributed by atoms with E-state index in [-0.39, 0.29) is 0 Å². The van der Waals surface area contributed by atoms with Crippen molar-refractivity contribution in [2.45, 2.75) is 65.0 Å². The van der Waals surface area contributed by atoms with Crippen molar-refractivity contribution in [1.82, 2.24) is 15.6 Å². The minimum absolute atomic E-state index is 0.555. The molecule has 1 aromatic rings. The van der Waals surface area contributed by atoms with Gasteiger partial charge in [-0.05, 0) is 62.0 Å². The van der Waals surface area contributed by atoms with Gasteiger partial charge in [-0.2, -0.15) is 0 Å². The van der Waals surface area contributed by atoms with Gasteiger partial charge in [-0.3, -0.25) is 4.99 Å². The van der Waals surface area contributed by atoms with Crippen molar-refractivity contribution in [3.8, 4) is 0 Å². The number of piperidine rings is 1. The number of aliphatic imine (C=N–C) groups is 1. The first-order valence-electron chi connectivity index (χ1n) is 10.3. The quantitative estimate of drug-likeness (QED) is 0.639. The maximum atomic E-state index is 4.68. The van der Waals surface area contributed by atoms with E-state index in [1.54, 1.807) is 0 Å². The van der Waals surface area contributed by atoms with Gasteiger partial charge in [-0.1, -0.05) is 19.9 Å². The van der Waals surface area contributed by atoms with Crippen LogP contribution in [0.15, 0.2) is 23.3 Å². The third-order valence-electron chi connectivity index (χ3n) is 5.96. The Morgan fingerprint density at radius 3 is 2.38 bits per heavy atom. The van der Waals surface area contributed by atoms with Crippen molar-refractivity contribution in [2.24, 2.45) is 16.8 Å². The molecular formula is C21H35N5. The molecule has 1 saturated heterocycles. The molecule has 26 heavy (non-hydrogen) atoms. The highest BCUT2D eigenvalue weighted by molar-refractivity contribution is 5.79. The van der Waals surface area contributed by atoms with E-state index in [1.165, 1.54) is 44.1 Å². The number of rotatable bonds is 4. The standard InChI is InChI=1S/C21H35N5/c1-16-4-7-19(8-5-16)25-21(22-3)24-15-18-6-9-20(23-14-18)26-12-10-17(2)11-13-26/h6,9,14,16-17,19H,4-5,7-8,10-13,15H2,1-3H3,(H2,22,24,25). The lowest BCUT2D eigenvalue weighted by molar-refractivity contribution is 0.329. The molecule has 2 fully saturated rings. The fourth-order valence-electron chi connectivity index (χ4n) is 3.92. The molecular weight excluding hydrogens is 322 g/mol. The molecule has 5 heteroatoms. The minimum Gasteiger partial charge on any atom is -0.357 e. The van der Waals surface area contributed by atoms with Gasteiger partial charge in [0.25, 0.3) is 0 Å². The number of aromatic nitrogens is 1. The minimum atomic E-state index is 0.555. The van der Waals surface area contributed by atoms with Crippen LogP contribution in [-0.4, -0.2) is 37.1 Å². The van der Waals surface area contributed by atoms with Crippen molar-refractivity contribution in [3.05, 3.63) is 23.9 Å². The monoisotopic (exact) mass is 357 g/mol. The molecule has 0 radical (unpaired) electrons. The Morgan fingerprint density at radius 2 is 1.77 bits per heavy atom. The highest BCUT2D eigenvalue weighted by Gasteiger charge is 2.19. The summed E-state index contributed by atoms with van der Waals surface area (Å²) in [6, 6.07) is 4.90. The third kappa shape index (κ3) is 5.36. The Kier molecular flexibility index (Phi) is 6.75. The van der Waals surface area contributed by atoms with E-state index >= 15 is 0 Å². The molecule has 0 atom stereocenters. The van der Waals surface area contributed by atoms with Gasteiger partial charge in [0.15, 0.2) is 5.96 Å². The zero-order valence-electron chi connectivity index (χ0n) is 16.7. The Hall–Kier alpha value is -1.78. The summed E-state index contributed by atoms with van der Waals surface area (Å²) in [6.07, 6.45) is 9.65. The van der Waals surface area contributed by atoms with Crippen LogP contribution in [-0.2, 0) is 6.54 Å². The SMILES string of the molecule is CN=C(NCc1ccc(N2CCC(C)CC2)nc1)NC1CCC(C)CC1. The van der Waals surface area contributed by atoms with Gasteiger partial charge >= 0.3 is 0 Å². The summed E-state index contributed by atoms with van der Waals surface area (Å²) >= 11 is 0. The molecule has 1 aromatic heterocycles. The maximum absolute atomic E-state index is 4.68. The predicted octanol–water partition coefficient (Wildman–Crippen LogP) is 3.56. The predicted molar refractivity (Wildman–Crippen MR) is 110 cm³/mol. The molecule has 144 valence electrons. The zero-order chi connectivity index (χ0) is 18.4. The molecule has 1 aliphatic heterocycles. The molecule has 0 amide bonds. The molecule has 2 aliphatic rings. The number of pyridine rings is 1. The lowest BCUT2D eigenvalue weighted by atomic mass is 9.87. The van der Waals surface area contributed by atoms with Gasteiger partial charge in [0, 0.05) is 38.9 Å². The van der Waals surface area contributed by atoms with Crippen LogP contribution in [0.5, 0.6) is 0 Å². The summed E-state index contributed by atoms with van der Waals surface area (Å²) in [5.41, 5.74) is 1.19. The van der Waals surface area contributed by atoms with Crippen molar-refractivity contribution in [2.75, 3.05) is 25.0 Å². The highest BCUT2D eigenvalue weighted by Crippen LogP contribution is 2.23. The van der Waals surface area contributed by atoms with E-state index in [1.807, 2.05) is 13.2 Å². The molecule has 2 heterocycles. The molecule has 2 N–H and O–H groups in total. The van der Waals surface area contributed by atoms with E-state index in [0.29, 0.717) is 6.04 Å². The van der Waals surface area contributed by atoms with Gasteiger partial charge in [0.1, 0.15) is 5.82 Å². The average Bonchev–Trinajstić information content (AvgIpc) is 2.68. The lowest BCUT2D eigenvalue weighted by Crippen LogP contribution is -2.44. The van der Waals surface area contributed by atoms with Crippen LogP contribution < -0.4 is 15.5 Å².